The fraction of sp³-hybridized carbons (Fsp3) is 0.909. The molecule has 0 radical (unpaired) electrons. The van der Waals surface area contributed by atoms with Crippen LogP contribution in [0.25, 0.3) is 0 Å². The molecule has 2 aliphatic heterocycles. The lowest BCUT2D eigenvalue weighted by atomic mass is 10.0. The van der Waals surface area contributed by atoms with E-state index in [0.29, 0.717) is 6.04 Å². The maximum absolute atomic E-state index is 11.9. The zero-order valence-electron chi connectivity index (χ0n) is 9.46. The summed E-state index contributed by atoms with van der Waals surface area (Å²) in [5, 5.41) is 6.28. The molecule has 0 aromatic heterocycles. The number of likely N-dealkylation sites (N-methyl/N-ethyl adjacent to an activating group) is 1. The molecule has 86 valence electrons. The summed E-state index contributed by atoms with van der Waals surface area (Å²) in [7, 11) is 0. The van der Waals surface area contributed by atoms with Crippen LogP contribution in [0.2, 0.25) is 0 Å². The third-order valence-electron chi connectivity index (χ3n) is 3.50. The lowest BCUT2D eigenvalue weighted by Gasteiger charge is -2.41. The molecule has 1 amide bonds. The van der Waals surface area contributed by atoms with E-state index in [0.717, 1.165) is 39.0 Å². The largest absolute Gasteiger partial charge is 0.355 e. The second-order valence-corrected chi connectivity index (χ2v) is 4.45. The predicted octanol–water partition coefficient (Wildman–Crippen LogP) is -0.0512. The van der Waals surface area contributed by atoms with Crippen LogP contribution in [0.4, 0.5) is 0 Å². The van der Waals surface area contributed by atoms with Gasteiger partial charge >= 0.3 is 0 Å². The van der Waals surface area contributed by atoms with Crippen LogP contribution < -0.4 is 10.6 Å². The summed E-state index contributed by atoms with van der Waals surface area (Å²) in [5.41, 5.74) is 0. The van der Waals surface area contributed by atoms with Crippen molar-refractivity contribution < 1.29 is 4.79 Å². The zero-order chi connectivity index (χ0) is 10.7. The van der Waals surface area contributed by atoms with Crippen molar-refractivity contribution >= 4 is 5.91 Å². The van der Waals surface area contributed by atoms with Crippen molar-refractivity contribution in [2.75, 3.05) is 26.2 Å². The van der Waals surface area contributed by atoms with Crippen molar-refractivity contribution in [1.29, 1.82) is 0 Å². The van der Waals surface area contributed by atoms with E-state index in [2.05, 4.69) is 22.5 Å². The molecule has 0 aromatic rings. The summed E-state index contributed by atoms with van der Waals surface area (Å²) in [6, 6.07) is 0.688. The van der Waals surface area contributed by atoms with Crippen molar-refractivity contribution in [1.82, 2.24) is 15.5 Å². The van der Waals surface area contributed by atoms with Gasteiger partial charge in [-0.25, -0.2) is 0 Å². The molecule has 0 aromatic carbocycles. The Morgan fingerprint density at radius 2 is 2.20 bits per heavy atom. The van der Waals surface area contributed by atoms with Crippen molar-refractivity contribution in [2.45, 2.75) is 38.3 Å². The molecule has 2 aliphatic rings. The van der Waals surface area contributed by atoms with Crippen LogP contribution in [-0.4, -0.2) is 49.1 Å². The molecule has 2 fully saturated rings. The molecule has 15 heavy (non-hydrogen) atoms. The van der Waals surface area contributed by atoms with E-state index in [4.69, 9.17) is 0 Å². The molecule has 0 saturated carbocycles. The fourth-order valence-corrected chi connectivity index (χ4v) is 2.48. The molecular formula is C11H21N3O. The highest BCUT2D eigenvalue weighted by atomic mass is 16.2. The lowest BCUT2D eigenvalue weighted by molar-refractivity contribution is -0.127. The summed E-state index contributed by atoms with van der Waals surface area (Å²) < 4.78 is 0. The minimum Gasteiger partial charge on any atom is -0.355 e. The number of rotatable bonds is 3. The third-order valence-corrected chi connectivity index (χ3v) is 3.50. The zero-order valence-corrected chi connectivity index (χ0v) is 9.46. The van der Waals surface area contributed by atoms with E-state index in [-0.39, 0.29) is 11.9 Å². The number of amides is 1. The van der Waals surface area contributed by atoms with Crippen LogP contribution in [0.15, 0.2) is 0 Å². The first-order valence-corrected chi connectivity index (χ1v) is 6.07. The molecule has 4 heteroatoms. The van der Waals surface area contributed by atoms with E-state index < -0.39 is 0 Å². The van der Waals surface area contributed by atoms with Gasteiger partial charge in [0, 0.05) is 25.7 Å². The van der Waals surface area contributed by atoms with Crippen molar-refractivity contribution in [3.05, 3.63) is 0 Å². The van der Waals surface area contributed by atoms with E-state index >= 15 is 0 Å². The van der Waals surface area contributed by atoms with Crippen LogP contribution >= 0.6 is 0 Å². The van der Waals surface area contributed by atoms with Gasteiger partial charge in [0.15, 0.2) is 0 Å². The second-order valence-electron chi connectivity index (χ2n) is 4.45. The Hall–Kier alpha value is -0.610. The molecule has 2 rings (SSSR count). The number of nitrogens with one attached hydrogen (secondary N) is 2. The maximum atomic E-state index is 11.9. The maximum Gasteiger partial charge on any atom is 0.237 e. The van der Waals surface area contributed by atoms with E-state index in [1.54, 1.807) is 0 Å². The van der Waals surface area contributed by atoms with Crippen LogP contribution in [0.3, 0.4) is 0 Å². The smallest absolute Gasteiger partial charge is 0.237 e. The van der Waals surface area contributed by atoms with E-state index in [1.807, 2.05) is 0 Å². The summed E-state index contributed by atoms with van der Waals surface area (Å²) >= 11 is 0. The Balaban J connectivity index is 2.00. The SMILES string of the molecule is CCN(C1CNC1)C1CCCCNC1=O. The van der Waals surface area contributed by atoms with Gasteiger partial charge < -0.3 is 10.6 Å². The van der Waals surface area contributed by atoms with Crippen LogP contribution in [0.5, 0.6) is 0 Å². The Bertz CT molecular complexity index is 228. The minimum atomic E-state index is 0.115. The second kappa shape index (κ2) is 4.94. The summed E-state index contributed by atoms with van der Waals surface area (Å²) in [5.74, 6) is 0.237. The number of carbonyl (C=O) groups excluding carboxylic acids is 1. The molecule has 0 aliphatic carbocycles. The Kier molecular flexibility index (Phi) is 3.59. The lowest BCUT2D eigenvalue weighted by Crippen LogP contribution is -2.62. The van der Waals surface area contributed by atoms with Crippen LogP contribution in [0, 0.1) is 0 Å². The number of carbonyl (C=O) groups is 1. The van der Waals surface area contributed by atoms with Gasteiger partial charge in [-0.05, 0) is 25.8 Å². The van der Waals surface area contributed by atoms with Gasteiger partial charge in [-0.3, -0.25) is 9.69 Å². The quantitative estimate of drug-likeness (QED) is 0.688. The summed E-state index contributed by atoms with van der Waals surface area (Å²) in [6.45, 7) is 6.06. The van der Waals surface area contributed by atoms with Gasteiger partial charge in [0.25, 0.3) is 0 Å². The highest BCUT2D eigenvalue weighted by molar-refractivity contribution is 5.82. The Morgan fingerprint density at radius 3 is 2.80 bits per heavy atom. The monoisotopic (exact) mass is 211 g/mol. The highest BCUT2D eigenvalue weighted by Gasteiger charge is 2.33. The van der Waals surface area contributed by atoms with Crippen LogP contribution in [0.1, 0.15) is 26.2 Å². The molecule has 2 saturated heterocycles. The molecule has 0 bridgehead atoms. The van der Waals surface area contributed by atoms with Gasteiger partial charge in [0.2, 0.25) is 5.91 Å². The normalized spacial score (nSPS) is 28.4. The topological polar surface area (TPSA) is 44.4 Å². The number of hydrogen-bond donors (Lipinski definition) is 2. The predicted molar refractivity (Wildman–Crippen MR) is 59.7 cm³/mol. The van der Waals surface area contributed by atoms with Gasteiger partial charge in [-0.1, -0.05) is 6.92 Å². The molecule has 1 atom stereocenters. The summed E-state index contributed by atoms with van der Waals surface area (Å²) in [6.07, 6.45) is 3.32. The van der Waals surface area contributed by atoms with Crippen molar-refractivity contribution in [2.24, 2.45) is 0 Å². The molecule has 2 N–H and O–H groups in total. The minimum absolute atomic E-state index is 0.115. The number of nitrogens with zero attached hydrogens (tertiary/aromatic N) is 1. The van der Waals surface area contributed by atoms with Crippen molar-refractivity contribution in [3.63, 3.8) is 0 Å². The number of hydrogen-bond acceptors (Lipinski definition) is 3. The first kappa shape index (κ1) is 10.9. The van der Waals surface area contributed by atoms with Gasteiger partial charge in [-0.15, -0.1) is 0 Å². The summed E-state index contributed by atoms with van der Waals surface area (Å²) in [4.78, 5) is 14.2. The van der Waals surface area contributed by atoms with Crippen LogP contribution in [-0.2, 0) is 4.79 Å². The molecule has 0 spiro atoms. The van der Waals surface area contributed by atoms with Gasteiger partial charge in [0.05, 0.1) is 6.04 Å². The standard InChI is InChI=1S/C11H21N3O/c1-2-14(9-7-12-8-9)10-5-3-4-6-13-11(10)15/h9-10,12H,2-8H2,1H3,(H,13,15). The molecule has 4 nitrogen and oxygen atoms in total. The van der Waals surface area contributed by atoms with E-state index in [1.165, 1.54) is 6.42 Å². The van der Waals surface area contributed by atoms with Gasteiger partial charge in [0.1, 0.15) is 0 Å². The Morgan fingerprint density at radius 1 is 1.40 bits per heavy atom. The third kappa shape index (κ3) is 2.32. The fourth-order valence-electron chi connectivity index (χ4n) is 2.48. The first-order valence-electron chi connectivity index (χ1n) is 6.07. The Labute approximate surface area is 91.4 Å². The average Bonchev–Trinajstić information content (AvgIpc) is 2.36. The molecule has 1 unspecified atom stereocenters. The van der Waals surface area contributed by atoms with Crippen molar-refractivity contribution in [3.8, 4) is 0 Å². The van der Waals surface area contributed by atoms with Gasteiger partial charge in [-0.2, -0.15) is 0 Å². The van der Waals surface area contributed by atoms with E-state index in [9.17, 15) is 4.79 Å². The average molecular weight is 211 g/mol. The molecular weight excluding hydrogens is 190 g/mol. The molecule has 2 heterocycles. The highest BCUT2D eigenvalue weighted by Crippen LogP contribution is 2.16. The first-order chi connectivity index (χ1) is 7.33.